The largest absolute Gasteiger partial charge is 0.383 e. The smallest absolute Gasteiger partial charge is 0.317 e. The normalized spacial score (nSPS) is 18.1. The van der Waals surface area contributed by atoms with Crippen molar-refractivity contribution in [2.24, 2.45) is 0 Å². The molecular formula is C9H19N3O4S. The lowest BCUT2D eigenvalue weighted by Crippen LogP contribution is -2.53. The van der Waals surface area contributed by atoms with Crippen LogP contribution in [0.25, 0.3) is 0 Å². The molecule has 0 aromatic heterocycles. The van der Waals surface area contributed by atoms with Crippen molar-refractivity contribution in [1.29, 1.82) is 0 Å². The molecule has 0 aliphatic carbocycles. The number of carbonyl (C=O) groups is 1. The lowest BCUT2D eigenvalue weighted by atomic mass is 10.4. The summed E-state index contributed by atoms with van der Waals surface area (Å²) in [6.07, 6.45) is 1.18. The Morgan fingerprint density at radius 3 is 2.35 bits per heavy atom. The summed E-state index contributed by atoms with van der Waals surface area (Å²) in [5.74, 6) is 0. The molecule has 7 nitrogen and oxygen atoms in total. The fraction of sp³-hybridized carbons (Fsp3) is 0.889. The molecule has 0 bridgehead atoms. The Hall–Kier alpha value is -0.860. The summed E-state index contributed by atoms with van der Waals surface area (Å²) in [6.45, 7) is 2.49. The summed E-state index contributed by atoms with van der Waals surface area (Å²) in [5.41, 5.74) is 0. The first-order chi connectivity index (χ1) is 7.95. The third-order valence-corrected chi connectivity index (χ3v) is 3.88. The molecule has 1 heterocycles. The molecule has 0 aromatic rings. The lowest BCUT2D eigenvalue weighted by molar-refractivity contribution is 0.163. The second-order valence-electron chi connectivity index (χ2n) is 3.87. The van der Waals surface area contributed by atoms with Gasteiger partial charge in [-0.25, -0.2) is 13.2 Å². The molecule has 8 heteroatoms. The zero-order chi connectivity index (χ0) is 12.9. The van der Waals surface area contributed by atoms with Crippen LogP contribution < -0.4 is 5.32 Å². The Labute approximate surface area is 102 Å². The molecular weight excluding hydrogens is 246 g/mol. The molecule has 0 saturated carbocycles. The van der Waals surface area contributed by atoms with E-state index in [9.17, 15) is 13.2 Å². The predicted octanol–water partition coefficient (Wildman–Crippen LogP) is -1.08. The minimum atomic E-state index is -3.14. The fourth-order valence-corrected chi connectivity index (χ4v) is 2.42. The van der Waals surface area contributed by atoms with Gasteiger partial charge in [-0.05, 0) is 0 Å². The van der Waals surface area contributed by atoms with Crippen molar-refractivity contribution in [3.63, 3.8) is 0 Å². The first-order valence-electron chi connectivity index (χ1n) is 5.42. The van der Waals surface area contributed by atoms with Crippen LogP contribution in [0.5, 0.6) is 0 Å². The van der Waals surface area contributed by atoms with Crippen LogP contribution >= 0.6 is 0 Å². The monoisotopic (exact) mass is 265 g/mol. The van der Waals surface area contributed by atoms with Crippen LogP contribution in [0, 0.1) is 0 Å². The number of nitrogens with one attached hydrogen (secondary N) is 1. The zero-order valence-electron chi connectivity index (χ0n) is 10.2. The van der Waals surface area contributed by atoms with Crippen LogP contribution in [0.15, 0.2) is 0 Å². The maximum absolute atomic E-state index is 11.6. The molecule has 1 rings (SSSR count). The van der Waals surface area contributed by atoms with E-state index in [-0.39, 0.29) is 6.03 Å². The van der Waals surface area contributed by atoms with Gasteiger partial charge in [0, 0.05) is 39.8 Å². The summed E-state index contributed by atoms with van der Waals surface area (Å²) < 4.78 is 28.7. The summed E-state index contributed by atoms with van der Waals surface area (Å²) in [5, 5.41) is 2.70. The van der Waals surface area contributed by atoms with Gasteiger partial charge < -0.3 is 15.0 Å². The van der Waals surface area contributed by atoms with E-state index in [0.717, 1.165) is 0 Å². The quantitative estimate of drug-likeness (QED) is 0.656. The Bertz CT molecular complexity index is 349. The Morgan fingerprint density at radius 1 is 1.29 bits per heavy atom. The topological polar surface area (TPSA) is 79.0 Å². The number of rotatable bonds is 4. The fourth-order valence-electron chi connectivity index (χ4n) is 1.59. The number of nitrogens with zero attached hydrogens (tertiary/aromatic N) is 2. The van der Waals surface area contributed by atoms with Crippen LogP contribution in [0.2, 0.25) is 0 Å². The van der Waals surface area contributed by atoms with Gasteiger partial charge in [0.2, 0.25) is 10.0 Å². The van der Waals surface area contributed by atoms with E-state index in [0.29, 0.717) is 39.3 Å². The average molecular weight is 265 g/mol. The molecule has 17 heavy (non-hydrogen) atoms. The van der Waals surface area contributed by atoms with Crippen molar-refractivity contribution in [3.05, 3.63) is 0 Å². The minimum absolute atomic E-state index is 0.171. The first-order valence-corrected chi connectivity index (χ1v) is 7.27. The number of sulfonamides is 1. The van der Waals surface area contributed by atoms with Gasteiger partial charge in [0.1, 0.15) is 0 Å². The van der Waals surface area contributed by atoms with Crippen LogP contribution in [-0.2, 0) is 14.8 Å². The number of piperazine rings is 1. The van der Waals surface area contributed by atoms with Gasteiger partial charge in [-0.2, -0.15) is 4.31 Å². The van der Waals surface area contributed by atoms with E-state index in [1.807, 2.05) is 0 Å². The molecule has 2 amide bonds. The second-order valence-corrected chi connectivity index (χ2v) is 5.86. The molecule has 0 spiro atoms. The van der Waals surface area contributed by atoms with Crippen molar-refractivity contribution >= 4 is 16.1 Å². The Morgan fingerprint density at radius 2 is 1.88 bits per heavy atom. The number of hydrogen-bond donors (Lipinski definition) is 1. The SMILES string of the molecule is COCCNC(=O)N1CCN(S(C)(=O)=O)CC1. The van der Waals surface area contributed by atoms with Gasteiger partial charge in [-0.3, -0.25) is 0 Å². The molecule has 1 saturated heterocycles. The van der Waals surface area contributed by atoms with Crippen LogP contribution in [0.3, 0.4) is 0 Å². The average Bonchev–Trinajstić information content (AvgIpc) is 2.28. The summed E-state index contributed by atoms with van der Waals surface area (Å²) >= 11 is 0. The summed E-state index contributed by atoms with van der Waals surface area (Å²) in [6, 6.07) is -0.171. The van der Waals surface area contributed by atoms with Gasteiger partial charge in [-0.15, -0.1) is 0 Å². The lowest BCUT2D eigenvalue weighted by Gasteiger charge is -2.33. The number of hydrogen-bond acceptors (Lipinski definition) is 4. The second kappa shape index (κ2) is 6.18. The third kappa shape index (κ3) is 4.49. The van der Waals surface area contributed by atoms with Crippen molar-refractivity contribution in [1.82, 2.24) is 14.5 Å². The van der Waals surface area contributed by atoms with E-state index >= 15 is 0 Å². The number of methoxy groups -OCH3 is 1. The van der Waals surface area contributed by atoms with E-state index in [1.165, 1.54) is 10.6 Å². The standard InChI is InChI=1S/C9H19N3O4S/c1-16-8-3-10-9(13)11-4-6-12(7-5-11)17(2,14)15/h3-8H2,1-2H3,(H,10,13). The Balaban J connectivity index is 2.34. The van der Waals surface area contributed by atoms with Gasteiger partial charge in [-0.1, -0.05) is 0 Å². The first kappa shape index (κ1) is 14.2. The predicted molar refractivity (Wildman–Crippen MR) is 63.3 cm³/mol. The highest BCUT2D eigenvalue weighted by Gasteiger charge is 2.25. The zero-order valence-corrected chi connectivity index (χ0v) is 11.0. The highest BCUT2D eigenvalue weighted by atomic mass is 32.2. The van der Waals surface area contributed by atoms with E-state index in [2.05, 4.69) is 5.32 Å². The van der Waals surface area contributed by atoms with E-state index in [4.69, 9.17) is 4.74 Å². The molecule has 1 fully saturated rings. The number of carbonyl (C=O) groups excluding carboxylic acids is 1. The Kier molecular flexibility index (Phi) is 5.16. The van der Waals surface area contributed by atoms with Crippen LogP contribution in [-0.4, -0.2) is 76.4 Å². The maximum Gasteiger partial charge on any atom is 0.317 e. The molecule has 1 aliphatic rings. The molecule has 0 atom stereocenters. The van der Waals surface area contributed by atoms with Gasteiger partial charge in [0.05, 0.1) is 12.9 Å². The van der Waals surface area contributed by atoms with E-state index < -0.39 is 10.0 Å². The molecule has 100 valence electrons. The van der Waals surface area contributed by atoms with Crippen molar-refractivity contribution < 1.29 is 17.9 Å². The molecule has 0 unspecified atom stereocenters. The van der Waals surface area contributed by atoms with Crippen molar-refractivity contribution in [2.45, 2.75) is 0 Å². The van der Waals surface area contributed by atoms with Gasteiger partial charge in [0.25, 0.3) is 0 Å². The molecule has 1 aliphatic heterocycles. The third-order valence-electron chi connectivity index (χ3n) is 2.58. The number of ether oxygens (including phenoxy) is 1. The molecule has 0 aromatic carbocycles. The highest BCUT2D eigenvalue weighted by Crippen LogP contribution is 2.05. The molecule has 0 radical (unpaired) electrons. The molecule has 1 N–H and O–H groups in total. The van der Waals surface area contributed by atoms with Crippen molar-refractivity contribution in [3.8, 4) is 0 Å². The van der Waals surface area contributed by atoms with Gasteiger partial charge in [0.15, 0.2) is 0 Å². The summed E-state index contributed by atoms with van der Waals surface area (Å²) in [4.78, 5) is 13.2. The minimum Gasteiger partial charge on any atom is -0.383 e. The van der Waals surface area contributed by atoms with Gasteiger partial charge >= 0.3 is 6.03 Å². The maximum atomic E-state index is 11.6. The summed E-state index contributed by atoms with van der Waals surface area (Å²) in [7, 11) is -1.57. The number of urea groups is 1. The van der Waals surface area contributed by atoms with E-state index in [1.54, 1.807) is 12.0 Å². The van der Waals surface area contributed by atoms with Crippen LogP contribution in [0.1, 0.15) is 0 Å². The van der Waals surface area contributed by atoms with Crippen LogP contribution in [0.4, 0.5) is 4.79 Å². The number of amides is 2. The highest BCUT2D eigenvalue weighted by molar-refractivity contribution is 7.88. The van der Waals surface area contributed by atoms with Crippen molar-refractivity contribution in [2.75, 3.05) is 52.7 Å².